The molecule has 2 saturated heterocycles. The van der Waals surface area contributed by atoms with Gasteiger partial charge < -0.3 is 9.80 Å². The maximum Gasteiger partial charge on any atom is 0.253 e. The molecule has 124 valence electrons. The minimum atomic E-state index is -0.474. The van der Waals surface area contributed by atoms with Crippen LogP contribution in [0.3, 0.4) is 0 Å². The van der Waals surface area contributed by atoms with Crippen LogP contribution in [-0.4, -0.2) is 52.2 Å². The zero-order valence-corrected chi connectivity index (χ0v) is 14.4. The average Bonchev–Trinajstić information content (AvgIpc) is 2.82. The molecule has 3 rings (SSSR count). The van der Waals surface area contributed by atoms with Gasteiger partial charge in [-0.3, -0.25) is 9.59 Å². The van der Waals surface area contributed by atoms with Crippen LogP contribution in [-0.2, 0) is 4.79 Å². The Morgan fingerprint density at radius 2 is 1.74 bits per heavy atom. The molecule has 3 atom stereocenters. The van der Waals surface area contributed by atoms with E-state index in [1.165, 1.54) is 0 Å². The van der Waals surface area contributed by atoms with E-state index in [-0.39, 0.29) is 29.9 Å². The van der Waals surface area contributed by atoms with E-state index in [4.69, 9.17) is 11.6 Å². The third kappa shape index (κ3) is 3.09. The van der Waals surface area contributed by atoms with Crippen LogP contribution in [0.25, 0.3) is 0 Å². The summed E-state index contributed by atoms with van der Waals surface area (Å²) in [6.07, 6.45) is 3.73. The van der Waals surface area contributed by atoms with Gasteiger partial charge in [0, 0.05) is 30.7 Å². The molecule has 3 unspecified atom stereocenters. The molecule has 0 N–H and O–H groups in total. The number of fused-ring (bicyclic) bond motifs is 2. The molecule has 2 fully saturated rings. The molecule has 1 aromatic rings. The van der Waals surface area contributed by atoms with E-state index in [0.29, 0.717) is 0 Å². The Morgan fingerprint density at radius 1 is 1.17 bits per heavy atom. The van der Waals surface area contributed by atoms with Gasteiger partial charge in [-0.15, -0.1) is 11.6 Å². The number of piperidine rings is 1. The van der Waals surface area contributed by atoms with E-state index in [2.05, 4.69) is 0 Å². The summed E-state index contributed by atoms with van der Waals surface area (Å²) in [6.45, 7) is 1.74. The van der Waals surface area contributed by atoms with E-state index in [1.54, 1.807) is 6.92 Å². The number of benzene rings is 1. The van der Waals surface area contributed by atoms with Crippen molar-refractivity contribution in [2.24, 2.45) is 0 Å². The van der Waals surface area contributed by atoms with E-state index in [0.717, 1.165) is 31.2 Å². The summed E-state index contributed by atoms with van der Waals surface area (Å²) >= 11 is 5.99. The van der Waals surface area contributed by atoms with Crippen molar-refractivity contribution in [2.45, 2.75) is 56.1 Å². The molecule has 1 aromatic carbocycles. The van der Waals surface area contributed by atoms with Crippen LogP contribution in [0.15, 0.2) is 30.3 Å². The molecule has 4 nitrogen and oxygen atoms in total. The normalized spacial score (nSPS) is 27.6. The van der Waals surface area contributed by atoms with Crippen molar-refractivity contribution in [2.75, 3.05) is 7.05 Å². The lowest BCUT2D eigenvalue weighted by Gasteiger charge is -2.42. The monoisotopic (exact) mass is 334 g/mol. The highest BCUT2D eigenvalue weighted by atomic mass is 35.5. The predicted molar refractivity (Wildman–Crippen MR) is 90.5 cm³/mol. The highest BCUT2D eigenvalue weighted by molar-refractivity contribution is 6.30. The number of rotatable bonds is 3. The van der Waals surface area contributed by atoms with Crippen molar-refractivity contribution < 1.29 is 9.59 Å². The first-order chi connectivity index (χ1) is 11.0. The van der Waals surface area contributed by atoms with Gasteiger partial charge >= 0.3 is 0 Å². The topological polar surface area (TPSA) is 40.6 Å². The standard InChI is InChI=1S/C18H23ClN2O2/c1-12(19)17(22)21-14-8-9-15(21)11-16(10-14)20(2)18(23)13-6-4-3-5-7-13/h3-7,12,14-16H,8-11H2,1-2H3. The first-order valence-electron chi connectivity index (χ1n) is 8.27. The molecule has 2 heterocycles. The fourth-order valence-electron chi connectivity index (χ4n) is 3.98. The maximum absolute atomic E-state index is 12.6. The Kier molecular flexibility index (Phi) is 4.62. The molecular formula is C18H23ClN2O2. The van der Waals surface area contributed by atoms with Crippen LogP contribution in [0.4, 0.5) is 0 Å². The lowest BCUT2D eigenvalue weighted by molar-refractivity contribution is -0.135. The SMILES string of the molecule is CC(Cl)C(=O)N1C2CCC1CC(N(C)C(=O)c1ccccc1)C2. The van der Waals surface area contributed by atoms with Gasteiger partial charge in [-0.2, -0.15) is 0 Å². The third-order valence-electron chi connectivity index (χ3n) is 5.19. The average molecular weight is 335 g/mol. The minimum Gasteiger partial charge on any atom is -0.339 e. The maximum atomic E-state index is 12.6. The molecule has 5 heteroatoms. The summed E-state index contributed by atoms with van der Waals surface area (Å²) < 4.78 is 0. The summed E-state index contributed by atoms with van der Waals surface area (Å²) in [6, 6.07) is 10.0. The Labute approximate surface area is 142 Å². The highest BCUT2D eigenvalue weighted by Gasteiger charge is 2.45. The fourth-order valence-corrected chi connectivity index (χ4v) is 4.09. The second-order valence-corrected chi connectivity index (χ2v) is 7.31. The number of hydrogen-bond donors (Lipinski definition) is 0. The molecule has 2 aliphatic rings. The number of carbonyl (C=O) groups excluding carboxylic acids is 2. The number of carbonyl (C=O) groups is 2. The highest BCUT2D eigenvalue weighted by Crippen LogP contribution is 2.38. The van der Waals surface area contributed by atoms with Gasteiger partial charge in [0.05, 0.1) is 0 Å². The minimum absolute atomic E-state index is 0.0367. The number of hydrogen-bond acceptors (Lipinski definition) is 2. The number of nitrogens with zero attached hydrogens (tertiary/aromatic N) is 2. The van der Waals surface area contributed by atoms with Gasteiger partial charge in [0.15, 0.2) is 0 Å². The Bertz CT molecular complexity index is 576. The van der Waals surface area contributed by atoms with Crippen LogP contribution in [0.1, 0.15) is 43.0 Å². The summed E-state index contributed by atoms with van der Waals surface area (Å²) in [7, 11) is 1.88. The molecule has 0 aromatic heterocycles. The van der Waals surface area contributed by atoms with Crippen molar-refractivity contribution >= 4 is 23.4 Å². The van der Waals surface area contributed by atoms with Crippen molar-refractivity contribution in [3.63, 3.8) is 0 Å². The quantitative estimate of drug-likeness (QED) is 0.797. The number of amides is 2. The summed E-state index contributed by atoms with van der Waals surface area (Å²) in [5, 5.41) is -0.474. The van der Waals surface area contributed by atoms with Crippen LogP contribution in [0, 0.1) is 0 Å². The molecule has 2 bridgehead atoms. The molecular weight excluding hydrogens is 312 g/mol. The van der Waals surface area contributed by atoms with E-state index >= 15 is 0 Å². The Morgan fingerprint density at radius 3 is 2.26 bits per heavy atom. The van der Waals surface area contributed by atoms with Crippen molar-refractivity contribution in [3.05, 3.63) is 35.9 Å². The van der Waals surface area contributed by atoms with Gasteiger partial charge in [-0.1, -0.05) is 18.2 Å². The molecule has 2 aliphatic heterocycles. The smallest absolute Gasteiger partial charge is 0.253 e. The van der Waals surface area contributed by atoms with Crippen LogP contribution < -0.4 is 0 Å². The number of halogens is 1. The predicted octanol–water partition coefficient (Wildman–Crippen LogP) is 2.91. The lowest BCUT2D eigenvalue weighted by Crippen LogP contribution is -2.54. The first kappa shape index (κ1) is 16.3. The fraction of sp³-hybridized carbons (Fsp3) is 0.556. The zero-order chi connectivity index (χ0) is 16.6. The third-order valence-corrected chi connectivity index (χ3v) is 5.38. The molecule has 0 aliphatic carbocycles. The lowest BCUT2D eigenvalue weighted by atomic mass is 9.95. The molecule has 0 saturated carbocycles. The zero-order valence-electron chi connectivity index (χ0n) is 13.6. The van der Waals surface area contributed by atoms with Gasteiger partial charge in [-0.25, -0.2) is 0 Å². The van der Waals surface area contributed by atoms with Gasteiger partial charge in [0.2, 0.25) is 5.91 Å². The van der Waals surface area contributed by atoms with E-state index < -0.39 is 5.38 Å². The van der Waals surface area contributed by atoms with Crippen molar-refractivity contribution in [3.8, 4) is 0 Å². The number of alkyl halides is 1. The molecule has 23 heavy (non-hydrogen) atoms. The van der Waals surface area contributed by atoms with Crippen molar-refractivity contribution in [1.29, 1.82) is 0 Å². The Hall–Kier alpha value is -1.55. The Balaban J connectivity index is 1.70. The van der Waals surface area contributed by atoms with E-state index in [1.807, 2.05) is 47.2 Å². The van der Waals surface area contributed by atoms with Crippen LogP contribution in [0.5, 0.6) is 0 Å². The summed E-state index contributed by atoms with van der Waals surface area (Å²) in [5.41, 5.74) is 0.718. The summed E-state index contributed by atoms with van der Waals surface area (Å²) in [5.74, 6) is 0.0927. The second-order valence-electron chi connectivity index (χ2n) is 6.65. The first-order valence-corrected chi connectivity index (χ1v) is 8.71. The van der Waals surface area contributed by atoms with E-state index in [9.17, 15) is 9.59 Å². The molecule has 0 radical (unpaired) electrons. The molecule has 2 amide bonds. The largest absolute Gasteiger partial charge is 0.339 e. The van der Waals surface area contributed by atoms with Gasteiger partial charge in [0.1, 0.15) is 5.38 Å². The molecule has 0 spiro atoms. The second kappa shape index (κ2) is 6.52. The van der Waals surface area contributed by atoms with Gasteiger partial charge in [-0.05, 0) is 44.7 Å². The summed E-state index contributed by atoms with van der Waals surface area (Å²) in [4.78, 5) is 28.8. The van der Waals surface area contributed by atoms with Crippen LogP contribution in [0.2, 0.25) is 0 Å². The van der Waals surface area contributed by atoms with Crippen molar-refractivity contribution in [1.82, 2.24) is 9.80 Å². The van der Waals surface area contributed by atoms with Gasteiger partial charge in [0.25, 0.3) is 5.91 Å². The van der Waals surface area contributed by atoms with Crippen LogP contribution >= 0.6 is 11.6 Å².